The van der Waals surface area contributed by atoms with Crippen molar-refractivity contribution in [2.45, 2.75) is 39.7 Å². The van der Waals surface area contributed by atoms with E-state index in [1.807, 2.05) is 11.0 Å². The Balaban J connectivity index is 1.73. The summed E-state index contributed by atoms with van der Waals surface area (Å²) in [5, 5.41) is 7.83. The summed E-state index contributed by atoms with van der Waals surface area (Å²) in [5.41, 5.74) is 1.28. The van der Waals surface area contributed by atoms with Crippen molar-refractivity contribution in [2.75, 3.05) is 19.7 Å². The molecule has 1 amide bonds. The first kappa shape index (κ1) is 16.1. The van der Waals surface area contributed by atoms with Crippen LogP contribution in [0.1, 0.15) is 51.3 Å². The Kier molecular flexibility index (Phi) is 4.77. The van der Waals surface area contributed by atoms with Crippen LogP contribution in [0.4, 0.5) is 0 Å². The maximum Gasteiger partial charge on any atom is 0.264 e. The van der Waals surface area contributed by atoms with Gasteiger partial charge in [0.25, 0.3) is 5.91 Å². The van der Waals surface area contributed by atoms with Crippen LogP contribution in [0.25, 0.3) is 0 Å². The normalized spacial score (nSPS) is 18.4. The molecule has 0 spiro atoms. The predicted molar refractivity (Wildman–Crippen MR) is 86.7 cm³/mol. The van der Waals surface area contributed by atoms with E-state index >= 15 is 0 Å². The SMILES string of the molecule is CCCc1cc(C(=O)N2CCOC(c3nnc(C)o3)C2)sc1C. The van der Waals surface area contributed by atoms with Gasteiger partial charge in [-0.25, -0.2) is 0 Å². The van der Waals surface area contributed by atoms with Crippen molar-refractivity contribution in [3.8, 4) is 0 Å². The van der Waals surface area contributed by atoms with Gasteiger partial charge in [0.2, 0.25) is 11.8 Å². The van der Waals surface area contributed by atoms with Gasteiger partial charge >= 0.3 is 0 Å². The van der Waals surface area contributed by atoms with Gasteiger partial charge in [-0.2, -0.15) is 0 Å². The zero-order chi connectivity index (χ0) is 16.4. The summed E-state index contributed by atoms with van der Waals surface area (Å²) >= 11 is 1.57. The summed E-state index contributed by atoms with van der Waals surface area (Å²) < 4.78 is 11.1. The van der Waals surface area contributed by atoms with Gasteiger partial charge in [0.15, 0.2) is 6.10 Å². The number of carbonyl (C=O) groups excluding carboxylic acids is 1. The minimum absolute atomic E-state index is 0.0602. The van der Waals surface area contributed by atoms with Crippen molar-refractivity contribution in [3.63, 3.8) is 0 Å². The fourth-order valence-electron chi connectivity index (χ4n) is 2.72. The van der Waals surface area contributed by atoms with E-state index in [4.69, 9.17) is 9.15 Å². The summed E-state index contributed by atoms with van der Waals surface area (Å²) in [7, 11) is 0. The number of amides is 1. The molecule has 6 nitrogen and oxygen atoms in total. The maximum atomic E-state index is 12.8. The number of ether oxygens (including phenoxy) is 1. The molecule has 23 heavy (non-hydrogen) atoms. The second kappa shape index (κ2) is 6.80. The highest BCUT2D eigenvalue weighted by Gasteiger charge is 2.30. The number of aryl methyl sites for hydroxylation is 3. The smallest absolute Gasteiger partial charge is 0.264 e. The molecule has 2 aromatic heterocycles. The monoisotopic (exact) mass is 335 g/mol. The van der Waals surface area contributed by atoms with E-state index in [-0.39, 0.29) is 12.0 Å². The molecular formula is C16H21N3O3S. The lowest BCUT2D eigenvalue weighted by atomic mass is 10.1. The first-order valence-electron chi connectivity index (χ1n) is 7.88. The lowest BCUT2D eigenvalue weighted by Crippen LogP contribution is -2.42. The summed E-state index contributed by atoms with van der Waals surface area (Å²) in [6.45, 7) is 7.48. The standard InChI is InChI=1S/C16H21N3O3S/c1-4-5-12-8-14(23-10(12)2)16(20)19-6-7-21-13(9-19)15-18-17-11(3)22-15/h8,13H,4-7,9H2,1-3H3. The van der Waals surface area contributed by atoms with E-state index in [1.54, 1.807) is 18.3 Å². The van der Waals surface area contributed by atoms with Crippen molar-refractivity contribution >= 4 is 17.2 Å². The van der Waals surface area contributed by atoms with Crippen LogP contribution in [0.3, 0.4) is 0 Å². The molecule has 0 aromatic carbocycles. The van der Waals surface area contributed by atoms with Crippen molar-refractivity contribution in [2.24, 2.45) is 0 Å². The van der Waals surface area contributed by atoms with Crippen LogP contribution in [0.5, 0.6) is 0 Å². The molecule has 1 unspecified atom stereocenters. The van der Waals surface area contributed by atoms with E-state index in [0.717, 1.165) is 17.7 Å². The van der Waals surface area contributed by atoms with Crippen LogP contribution in [0.2, 0.25) is 0 Å². The number of rotatable bonds is 4. The molecule has 0 N–H and O–H groups in total. The maximum absolute atomic E-state index is 12.8. The Hall–Kier alpha value is -1.73. The number of hydrogen-bond acceptors (Lipinski definition) is 6. The van der Waals surface area contributed by atoms with Crippen LogP contribution in [-0.2, 0) is 11.2 Å². The number of carbonyl (C=O) groups is 1. The molecule has 0 bridgehead atoms. The zero-order valence-electron chi connectivity index (χ0n) is 13.7. The predicted octanol–water partition coefficient (Wildman–Crippen LogP) is 2.91. The molecule has 1 aliphatic rings. The Morgan fingerprint density at radius 2 is 2.26 bits per heavy atom. The molecule has 2 aromatic rings. The quantitative estimate of drug-likeness (QED) is 0.859. The van der Waals surface area contributed by atoms with Crippen molar-refractivity contribution in [1.82, 2.24) is 15.1 Å². The Morgan fingerprint density at radius 1 is 1.43 bits per heavy atom. The van der Waals surface area contributed by atoms with Crippen LogP contribution >= 0.6 is 11.3 Å². The number of aromatic nitrogens is 2. The van der Waals surface area contributed by atoms with Crippen LogP contribution in [-0.4, -0.2) is 40.7 Å². The van der Waals surface area contributed by atoms with E-state index in [0.29, 0.717) is 31.5 Å². The molecule has 1 atom stereocenters. The van der Waals surface area contributed by atoms with Gasteiger partial charge in [-0.1, -0.05) is 13.3 Å². The fraction of sp³-hybridized carbons (Fsp3) is 0.562. The molecule has 0 saturated carbocycles. The molecule has 7 heteroatoms. The number of nitrogens with zero attached hydrogens (tertiary/aromatic N) is 3. The lowest BCUT2D eigenvalue weighted by Gasteiger charge is -2.30. The van der Waals surface area contributed by atoms with Gasteiger partial charge in [-0.15, -0.1) is 21.5 Å². The third-order valence-corrected chi connectivity index (χ3v) is 5.00. The first-order chi connectivity index (χ1) is 11.1. The van der Waals surface area contributed by atoms with E-state index in [2.05, 4.69) is 24.0 Å². The Morgan fingerprint density at radius 3 is 2.96 bits per heavy atom. The molecule has 3 rings (SSSR count). The molecule has 124 valence electrons. The average Bonchev–Trinajstić information content (AvgIpc) is 3.14. The molecule has 1 aliphatic heterocycles. The van der Waals surface area contributed by atoms with Gasteiger partial charge in [0.1, 0.15) is 0 Å². The number of morpholine rings is 1. The lowest BCUT2D eigenvalue weighted by molar-refractivity contribution is -0.0347. The fourth-order valence-corrected chi connectivity index (χ4v) is 3.76. The van der Waals surface area contributed by atoms with Crippen molar-refractivity contribution < 1.29 is 13.9 Å². The van der Waals surface area contributed by atoms with Crippen LogP contribution < -0.4 is 0 Å². The minimum atomic E-state index is -0.343. The summed E-state index contributed by atoms with van der Waals surface area (Å²) in [4.78, 5) is 16.6. The zero-order valence-corrected chi connectivity index (χ0v) is 14.5. The van der Waals surface area contributed by atoms with Gasteiger partial charge in [0.05, 0.1) is 18.0 Å². The van der Waals surface area contributed by atoms with Gasteiger partial charge < -0.3 is 14.1 Å². The topological polar surface area (TPSA) is 68.5 Å². The third kappa shape index (κ3) is 3.45. The van der Waals surface area contributed by atoms with E-state index in [1.165, 1.54) is 10.4 Å². The molecule has 1 fully saturated rings. The number of hydrogen-bond donors (Lipinski definition) is 0. The van der Waals surface area contributed by atoms with E-state index < -0.39 is 0 Å². The molecule has 3 heterocycles. The van der Waals surface area contributed by atoms with Crippen LogP contribution in [0, 0.1) is 13.8 Å². The minimum Gasteiger partial charge on any atom is -0.423 e. The Bertz CT molecular complexity index is 695. The first-order valence-corrected chi connectivity index (χ1v) is 8.70. The largest absolute Gasteiger partial charge is 0.423 e. The second-order valence-corrected chi connectivity index (χ2v) is 6.97. The third-order valence-electron chi connectivity index (χ3n) is 3.92. The molecule has 0 aliphatic carbocycles. The van der Waals surface area contributed by atoms with Gasteiger partial charge in [-0.05, 0) is 25.0 Å². The number of thiophene rings is 1. The molecule has 1 saturated heterocycles. The van der Waals surface area contributed by atoms with Crippen LogP contribution in [0.15, 0.2) is 10.5 Å². The second-order valence-electron chi connectivity index (χ2n) is 5.71. The van der Waals surface area contributed by atoms with E-state index in [9.17, 15) is 4.79 Å². The van der Waals surface area contributed by atoms with Crippen molar-refractivity contribution in [1.29, 1.82) is 0 Å². The summed E-state index contributed by atoms with van der Waals surface area (Å²) in [6.07, 6.45) is 1.76. The highest BCUT2D eigenvalue weighted by molar-refractivity contribution is 7.14. The summed E-state index contributed by atoms with van der Waals surface area (Å²) in [5.74, 6) is 1.00. The highest BCUT2D eigenvalue weighted by Crippen LogP contribution is 2.27. The summed E-state index contributed by atoms with van der Waals surface area (Å²) in [6, 6.07) is 2.03. The van der Waals surface area contributed by atoms with Gasteiger partial charge in [-0.3, -0.25) is 4.79 Å². The van der Waals surface area contributed by atoms with Gasteiger partial charge in [0, 0.05) is 18.3 Å². The van der Waals surface area contributed by atoms with Crippen molar-refractivity contribution in [3.05, 3.63) is 33.2 Å². The average molecular weight is 335 g/mol. The molecular weight excluding hydrogens is 314 g/mol. The Labute approximate surface area is 139 Å². The molecule has 0 radical (unpaired) electrons. The highest BCUT2D eigenvalue weighted by atomic mass is 32.1.